The van der Waals surface area contributed by atoms with Crippen LogP contribution < -0.4 is 5.73 Å². The zero-order valence-corrected chi connectivity index (χ0v) is 10.0. The van der Waals surface area contributed by atoms with Gasteiger partial charge in [0.05, 0.1) is 6.04 Å². The van der Waals surface area contributed by atoms with Gasteiger partial charge in [-0.05, 0) is 31.2 Å². The normalized spacial score (nSPS) is 12.6. The van der Waals surface area contributed by atoms with Crippen molar-refractivity contribution >= 4 is 22.6 Å². The van der Waals surface area contributed by atoms with Gasteiger partial charge >= 0.3 is 5.97 Å². The Kier molecular flexibility index (Phi) is 3.04. The van der Waals surface area contributed by atoms with E-state index in [1.54, 1.807) is 0 Å². The lowest BCUT2D eigenvalue weighted by molar-refractivity contribution is -0.141. The van der Waals surface area contributed by atoms with Crippen LogP contribution in [0.5, 0.6) is 0 Å². The Morgan fingerprint density at radius 2 is 2.24 bits per heavy atom. The molecule has 4 nitrogen and oxygen atoms in total. The number of hydrogen-bond donors (Lipinski definition) is 1. The number of hydrogen-bond acceptors (Lipinski definition) is 3. The van der Waals surface area contributed by atoms with Gasteiger partial charge in [0.1, 0.15) is 6.61 Å². The number of anilines is 1. The lowest BCUT2D eigenvalue weighted by atomic mass is 10.2. The zero-order chi connectivity index (χ0) is 12.4. The number of nitrogens with zero attached hydrogens (tertiary/aromatic N) is 1. The van der Waals surface area contributed by atoms with Gasteiger partial charge in [-0.3, -0.25) is 4.79 Å². The van der Waals surface area contributed by atoms with Crippen molar-refractivity contribution in [3.63, 3.8) is 0 Å². The number of ether oxygens (including phenoxy) is 1. The fourth-order valence-electron chi connectivity index (χ4n) is 1.89. The van der Waals surface area contributed by atoms with E-state index in [1.165, 1.54) is 6.92 Å². The number of fused-ring (bicyclic) bond motifs is 1. The Hall–Kier alpha value is -1.97. The summed E-state index contributed by atoms with van der Waals surface area (Å²) in [5, 5.41) is 1.10. The molecular formula is C13H16N2O2. The van der Waals surface area contributed by atoms with E-state index in [0.29, 0.717) is 6.61 Å². The summed E-state index contributed by atoms with van der Waals surface area (Å²) in [6.45, 7) is 3.81. The van der Waals surface area contributed by atoms with Crippen LogP contribution in [0.3, 0.4) is 0 Å². The summed E-state index contributed by atoms with van der Waals surface area (Å²) in [6.07, 6.45) is 1.98. The molecule has 17 heavy (non-hydrogen) atoms. The van der Waals surface area contributed by atoms with E-state index in [2.05, 4.69) is 4.57 Å². The van der Waals surface area contributed by atoms with Crippen molar-refractivity contribution in [2.75, 3.05) is 12.3 Å². The molecule has 1 heterocycles. The first-order valence-electron chi connectivity index (χ1n) is 5.57. The van der Waals surface area contributed by atoms with Gasteiger partial charge in [0, 0.05) is 29.7 Å². The third-order valence-electron chi connectivity index (χ3n) is 2.75. The first-order valence-corrected chi connectivity index (χ1v) is 5.57. The highest BCUT2D eigenvalue weighted by Crippen LogP contribution is 2.22. The van der Waals surface area contributed by atoms with Crippen LogP contribution in [-0.4, -0.2) is 17.1 Å². The predicted molar refractivity (Wildman–Crippen MR) is 67.7 cm³/mol. The van der Waals surface area contributed by atoms with Crippen LogP contribution in [-0.2, 0) is 9.53 Å². The van der Waals surface area contributed by atoms with E-state index in [4.69, 9.17) is 10.5 Å². The number of rotatable bonds is 3. The predicted octanol–water partition coefficient (Wildman–Crippen LogP) is 2.35. The molecule has 0 aliphatic carbocycles. The molecule has 0 saturated heterocycles. The smallest absolute Gasteiger partial charge is 0.302 e. The number of benzene rings is 1. The summed E-state index contributed by atoms with van der Waals surface area (Å²) < 4.78 is 7.10. The Morgan fingerprint density at radius 1 is 1.47 bits per heavy atom. The number of nitrogens with two attached hydrogens (primary N) is 1. The minimum Gasteiger partial charge on any atom is -0.464 e. The van der Waals surface area contributed by atoms with Crippen molar-refractivity contribution in [1.82, 2.24) is 4.57 Å². The maximum absolute atomic E-state index is 10.8. The number of carbonyl (C=O) groups excluding carboxylic acids is 1. The van der Waals surface area contributed by atoms with Crippen molar-refractivity contribution in [3.05, 3.63) is 30.5 Å². The number of aromatic nitrogens is 1. The molecule has 1 unspecified atom stereocenters. The highest BCUT2D eigenvalue weighted by atomic mass is 16.5. The van der Waals surface area contributed by atoms with Gasteiger partial charge in [0.15, 0.2) is 0 Å². The summed E-state index contributed by atoms with van der Waals surface area (Å²) in [5.74, 6) is -0.252. The van der Waals surface area contributed by atoms with E-state index in [1.807, 2.05) is 37.4 Å². The van der Waals surface area contributed by atoms with Crippen LogP contribution in [0.2, 0.25) is 0 Å². The van der Waals surface area contributed by atoms with Crippen molar-refractivity contribution in [2.24, 2.45) is 0 Å². The lowest BCUT2D eigenvalue weighted by Gasteiger charge is -2.15. The minimum absolute atomic E-state index is 0.111. The second-order valence-corrected chi connectivity index (χ2v) is 4.19. The molecule has 1 aromatic heterocycles. The summed E-state index contributed by atoms with van der Waals surface area (Å²) in [6, 6.07) is 7.91. The van der Waals surface area contributed by atoms with Crippen LogP contribution in [0.25, 0.3) is 10.9 Å². The van der Waals surface area contributed by atoms with Crippen LogP contribution in [0.4, 0.5) is 5.69 Å². The average molecular weight is 232 g/mol. The minimum atomic E-state index is -0.252. The van der Waals surface area contributed by atoms with Gasteiger partial charge in [-0.15, -0.1) is 0 Å². The SMILES string of the molecule is CC(=O)OCC(C)n1ccc2cc(N)ccc21. The van der Waals surface area contributed by atoms with Crippen LogP contribution >= 0.6 is 0 Å². The molecule has 90 valence electrons. The Balaban J connectivity index is 2.26. The Bertz CT molecular complexity index is 545. The first kappa shape index (κ1) is 11.5. The molecule has 0 aliphatic heterocycles. The second-order valence-electron chi connectivity index (χ2n) is 4.19. The number of carbonyl (C=O) groups is 1. The van der Waals surface area contributed by atoms with Crippen molar-refractivity contribution in [2.45, 2.75) is 19.9 Å². The number of esters is 1. The quantitative estimate of drug-likeness (QED) is 0.652. The molecular weight excluding hydrogens is 216 g/mol. The highest BCUT2D eigenvalue weighted by molar-refractivity contribution is 5.83. The van der Waals surface area contributed by atoms with Gasteiger partial charge in [-0.2, -0.15) is 0 Å². The van der Waals surface area contributed by atoms with Crippen LogP contribution in [0, 0.1) is 0 Å². The molecule has 2 rings (SSSR count). The average Bonchev–Trinajstić information content (AvgIpc) is 2.68. The van der Waals surface area contributed by atoms with Crippen molar-refractivity contribution in [1.29, 1.82) is 0 Å². The molecule has 4 heteroatoms. The molecule has 0 saturated carbocycles. The fraction of sp³-hybridized carbons (Fsp3) is 0.308. The first-order chi connectivity index (χ1) is 8.08. The van der Waals surface area contributed by atoms with Gasteiger partial charge in [-0.1, -0.05) is 0 Å². The monoisotopic (exact) mass is 232 g/mol. The molecule has 0 aliphatic rings. The molecule has 2 aromatic rings. The van der Waals surface area contributed by atoms with Crippen molar-refractivity contribution < 1.29 is 9.53 Å². The summed E-state index contributed by atoms with van der Waals surface area (Å²) >= 11 is 0. The molecule has 0 bridgehead atoms. The second kappa shape index (κ2) is 4.49. The third-order valence-corrected chi connectivity index (χ3v) is 2.75. The summed E-state index contributed by atoms with van der Waals surface area (Å²) in [7, 11) is 0. The summed E-state index contributed by atoms with van der Waals surface area (Å²) in [5.41, 5.74) is 7.58. The topological polar surface area (TPSA) is 57.2 Å². The van der Waals surface area contributed by atoms with E-state index in [9.17, 15) is 4.79 Å². The number of nitrogen functional groups attached to an aromatic ring is 1. The van der Waals surface area contributed by atoms with Gasteiger partial charge < -0.3 is 15.0 Å². The van der Waals surface area contributed by atoms with E-state index >= 15 is 0 Å². The molecule has 0 radical (unpaired) electrons. The molecule has 1 aromatic carbocycles. The fourth-order valence-corrected chi connectivity index (χ4v) is 1.89. The zero-order valence-electron chi connectivity index (χ0n) is 10.0. The van der Waals surface area contributed by atoms with Crippen molar-refractivity contribution in [3.8, 4) is 0 Å². The Labute approximate surface area is 100.0 Å². The largest absolute Gasteiger partial charge is 0.464 e. The molecule has 0 amide bonds. The van der Waals surface area contributed by atoms with E-state index in [0.717, 1.165) is 16.6 Å². The van der Waals surface area contributed by atoms with Gasteiger partial charge in [-0.25, -0.2) is 0 Å². The lowest BCUT2D eigenvalue weighted by Crippen LogP contribution is -2.13. The third kappa shape index (κ3) is 2.41. The molecule has 0 spiro atoms. The maximum atomic E-state index is 10.8. The molecule has 1 atom stereocenters. The molecule has 0 fully saturated rings. The van der Waals surface area contributed by atoms with Gasteiger partial charge in [0.25, 0.3) is 0 Å². The van der Waals surface area contributed by atoms with Crippen LogP contribution in [0.1, 0.15) is 19.9 Å². The summed E-state index contributed by atoms with van der Waals surface area (Å²) in [4.78, 5) is 10.8. The van der Waals surface area contributed by atoms with Crippen LogP contribution in [0.15, 0.2) is 30.5 Å². The molecule has 2 N–H and O–H groups in total. The Morgan fingerprint density at radius 3 is 2.94 bits per heavy atom. The van der Waals surface area contributed by atoms with Gasteiger partial charge in [0.2, 0.25) is 0 Å². The van der Waals surface area contributed by atoms with E-state index in [-0.39, 0.29) is 12.0 Å². The van der Waals surface area contributed by atoms with E-state index < -0.39 is 0 Å². The maximum Gasteiger partial charge on any atom is 0.302 e. The highest BCUT2D eigenvalue weighted by Gasteiger charge is 2.09. The standard InChI is InChI=1S/C13H16N2O2/c1-9(8-17-10(2)16)15-6-5-11-7-12(14)3-4-13(11)15/h3-7,9H,8,14H2,1-2H3.